The predicted octanol–water partition coefficient (Wildman–Crippen LogP) is 3.96. The first kappa shape index (κ1) is 16.7. The van der Waals surface area contributed by atoms with Crippen molar-refractivity contribution in [2.24, 2.45) is 11.3 Å². The lowest BCUT2D eigenvalue weighted by Crippen LogP contribution is -2.61. The van der Waals surface area contributed by atoms with E-state index in [2.05, 4.69) is 6.07 Å². The Morgan fingerprint density at radius 3 is 2.54 bits per heavy atom. The third kappa shape index (κ3) is 2.77. The molecule has 0 aromatic heterocycles. The smallest absolute Gasteiger partial charge is 0.225 e. The highest BCUT2D eigenvalue weighted by Gasteiger charge is 2.53. The van der Waals surface area contributed by atoms with Crippen molar-refractivity contribution in [1.29, 1.82) is 0 Å². The molecule has 4 fully saturated rings. The molecule has 3 nitrogen and oxygen atoms in total. The molecule has 1 spiro atoms. The molecule has 1 aliphatic heterocycles. The molecule has 26 heavy (non-hydrogen) atoms. The molecule has 3 aliphatic carbocycles. The topological polar surface area (TPSA) is 40.5 Å². The average Bonchev–Trinajstić information content (AvgIpc) is 3.29. The number of rotatable bonds is 3. The molecular weight excluding hydrogens is 329 g/mol. The largest absolute Gasteiger partial charge is 0.390 e. The monoisotopic (exact) mass is 357 g/mol. The van der Waals surface area contributed by atoms with Crippen LogP contribution in [0.15, 0.2) is 18.2 Å². The van der Waals surface area contributed by atoms with Crippen LogP contribution in [-0.4, -0.2) is 34.6 Å². The normalized spacial score (nSPS) is 35.3. The molecule has 1 aromatic carbocycles. The summed E-state index contributed by atoms with van der Waals surface area (Å²) in [6.07, 6.45) is 6.80. The van der Waals surface area contributed by atoms with Crippen LogP contribution in [0.5, 0.6) is 0 Å². The number of nitrogens with zero attached hydrogens (tertiary/aromatic N) is 1. The fourth-order valence-corrected chi connectivity index (χ4v) is 5.66. The number of amides is 1. The lowest BCUT2D eigenvalue weighted by Gasteiger charge is -2.52. The van der Waals surface area contributed by atoms with E-state index in [1.165, 1.54) is 18.4 Å². The van der Waals surface area contributed by atoms with Crippen LogP contribution in [0, 0.1) is 17.2 Å². The Balaban J connectivity index is 1.22. The van der Waals surface area contributed by atoms with Gasteiger partial charge in [0.1, 0.15) is 5.82 Å². The Morgan fingerprint density at radius 1 is 1.15 bits per heavy atom. The molecule has 1 saturated heterocycles. The molecule has 140 valence electrons. The van der Waals surface area contributed by atoms with Gasteiger partial charge in [-0.25, -0.2) is 4.39 Å². The zero-order valence-electron chi connectivity index (χ0n) is 15.5. The van der Waals surface area contributed by atoms with Gasteiger partial charge in [-0.3, -0.25) is 4.79 Å². The highest BCUT2D eigenvalue weighted by Crippen LogP contribution is 2.53. The molecule has 0 bridgehead atoms. The second kappa shape index (κ2) is 5.54. The minimum absolute atomic E-state index is 0.00668. The van der Waals surface area contributed by atoms with Gasteiger partial charge in [-0.2, -0.15) is 0 Å². The Bertz CT molecular complexity index is 741. The Morgan fingerprint density at radius 2 is 1.88 bits per heavy atom. The van der Waals surface area contributed by atoms with Crippen LogP contribution in [0.1, 0.15) is 74.8 Å². The van der Waals surface area contributed by atoms with Crippen molar-refractivity contribution in [2.75, 3.05) is 13.1 Å². The summed E-state index contributed by atoms with van der Waals surface area (Å²) in [4.78, 5) is 14.5. The second-order valence-corrected chi connectivity index (χ2v) is 9.79. The van der Waals surface area contributed by atoms with Crippen molar-refractivity contribution < 1.29 is 14.3 Å². The summed E-state index contributed by atoms with van der Waals surface area (Å²) in [5.74, 6) is 1.12. The van der Waals surface area contributed by atoms with Crippen molar-refractivity contribution in [2.45, 2.75) is 69.3 Å². The second-order valence-electron chi connectivity index (χ2n) is 9.79. The number of hydrogen-bond donors (Lipinski definition) is 1. The van der Waals surface area contributed by atoms with E-state index in [1.54, 1.807) is 13.0 Å². The van der Waals surface area contributed by atoms with Crippen molar-refractivity contribution in [3.63, 3.8) is 0 Å². The number of hydrogen-bond acceptors (Lipinski definition) is 2. The van der Waals surface area contributed by atoms with E-state index in [-0.39, 0.29) is 23.1 Å². The van der Waals surface area contributed by atoms with Gasteiger partial charge in [0, 0.05) is 24.4 Å². The maximum Gasteiger partial charge on any atom is 0.225 e. The molecule has 0 radical (unpaired) electrons. The highest BCUT2D eigenvalue weighted by atomic mass is 19.1. The number of benzene rings is 1. The van der Waals surface area contributed by atoms with Crippen molar-refractivity contribution in [3.8, 4) is 0 Å². The van der Waals surface area contributed by atoms with Crippen LogP contribution in [-0.2, 0) is 4.79 Å². The van der Waals surface area contributed by atoms with Crippen LogP contribution < -0.4 is 0 Å². The Labute approximate surface area is 154 Å². The summed E-state index contributed by atoms with van der Waals surface area (Å²) in [7, 11) is 0. The van der Waals surface area contributed by atoms with E-state index in [0.29, 0.717) is 24.7 Å². The molecule has 1 amide bonds. The van der Waals surface area contributed by atoms with Crippen LogP contribution in [0.2, 0.25) is 0 Å². The SMILES string of the molecule is C[C@]1(O)C[C@@H](C(=O)N2CC3(CCC(c4cc(C5CC5)ccc4F)C3)C2)C1. The van der Waals surface area contributed by atoms with E-state index in [4.69, 9.17) is 0 Å². The Kier molecular flexibility index (Phi) is 3.57. The summed E-state index contributed by atoms with van der Waals surface area (Å²) in [5, 5.41) is 9.86. The number of aliphatic hydroxyl groups is 1. The van der Waals surface area contributed by atoms with Crippen LogP contribution in [0.4, 0.5) is 4.39 Å². The first-order chi connectivity index (χ1) is 12.3. The molecule has 1 N–H and O–H groups in total. The van der Waals surface area contributed by atoms with Gasteiger partial charge in [0.15, 0.2) is 0 Å². The molecule has 5 rings (SSSR count). The average molecular weight is 357 g/mol. The van der Waals surface area contributed by atoms with Gasteiger partial charge < -0.3 is 10.0 Å². The summed E-state index contributed by atoms with van der Waals surface area (Å²) in [5.41, 5.74) is 1.77. The standard InChI is InChI=1S/C22H28FNO2/c1-21(26)9-17(10-21)20(25)24-12-22(13-24)7-6-16(11-22)18-8-15(14-2-3-14)4-5-19(18)23/h4-5,8,14,16-17,26H,2-3,6-7,9-13H2,1H3/t16?,17-,21+. The van der Waals surface area contributed by atoms with Gasteiger partial charge in [-0.15, -0.1) is 0 Å². The van der Waals surface area contributed by atoms with E-state index in [1.807, 2.05) is 11.0 Å². The van der Waals surface area contributed by atoms with Gasteiger partial charge in [0.05, 0.1) is 5.60 Å². The van der Waals surface area contributed by atoms with Gasteiger partial charge in [0.2, 0.25) is 5.91 Å². The minimum Gasteiger partial charge on any atom is -0.390 e. The lowest BCUT2D eigenvalue weighted by molar-refractivity contribution is -0.161. The molecule has 4 heteroatoms. The molecule has 1 heterocycles. The van der Waals surface area contributed by atoms with Crippen molar-refractivity contribution >= 4 is 5.91 Å². The highest BCUT2D eigenvalue weighted by molar-refractivity contribution is 5.81. The molecule has 1 unspecified atom stereocenters. The first-order valence-electron chi connectivity index (χ1n) is 10.1. The molecule has 1 atom stereocenters. The van der Waals surface area contributed by atoms with E-state index in [9.17, 15) is 14.3 Å². The molecule has 3 saturated carbocycles. The van der Waals surface area contributed by atoms with Crippen molar-refractivity contribution in [1.82, 2.24) is 4.90 Å². The van der Waals surface area contributed by atoms with Gasteiger partial charge in [0.25, 0.3) is 0 Å². The van der Waals surface area contributed by atoms with E-state index < -0.39 is 5.60 Å². The molecular formula is C22H28FNO2. The van der Waals surface area contributed by atoms with Crippen LogP contribution >= 0.6 is 0 Å². The number of halogens is 1. The van der Waals surface area contributed by atoms with Crippen LogP contribution in [0.25, 0.3) is 0 Å². The number of carbonyl (C=O) groups is 1. The minimum atomic E-state index is -0.647. The summed E-state index contributed by atoms with van der Waals surface area (Å²) in [6.45, 7) is 3.45. The third-order valence-corrected chi connectivity index (χ3v) is 7.30. The van der Waals surface area contributed by atoms with Gasteiger partial charge >= 0.3 is 0 Å². The van der Waals surface area contributed by atoms with Crippen molar-refractivity contribution in [3.05, 3.63) is 35.1 Å². The quantitative estimate of drug-likeness (QED) is 0.889. The van der Waals surface area contributed by atoms with Gasteiger partial charge in [-0.05, 0) is 80.9 Å². The van der Waals surface area contributed by atoms with Crippen LogP contribution in [0.3, 0.4) is 0 Å². The zero-order valence-corrected chi connectivity index (χ0v) is 15.5. The van der Waals surface area contributed by atoms with E-state index >= 15 is 0 Å². The summed E-state index contributed by atoms with van der Waals surface area (Å²) < 4.78 is 14.4. The first-order valence-corrected chi connectivity index (χ1v) is 10.1. The van der Waals surface area contributed by atoms with E-state index in [0.717, 1.165) is 37.9 Å². The summed E-state index contributed by atoms with van der Waals surface area (Å²) >= 11 is 0. The summed E-state index contributed by atoms with van der Waals surface area (Å²) in [6, 6.07) is 5.74. The number of carbonyl (C=O) groups excluding carboxylic acids is 1. The Hall–Kier alpha value is -1.42. The fourth-order valence-electron chi connectivity index (χ4n) is 5.66. The maximum atomic E-state index is 14.4. The lowest BCUT2D eigenvalue weighted by atomic mass is 9.69. The predicted molar refractivity (Wildman–Crippen MR) is 97.3 cm³/mol. The third-order valence-electron chi connectivity index (χ3n) is 7.30. The zero-order chi connectivity index (χ0) is 18.1. The molecule has 4 aliphatic rings. The molecule has 1 aromatic rings. The number of likely N-dealkylation sites (tertiary alicyclic amines) is 1. The van der Waals surface area contributed by atoms with Gasteiger partial charge in [-0.1, -0.05) is 12.1 Å². The fraction of sp³-hybridized carbons (Fsp3) is 0.682. The maximum absolute atomic E-state index is 14.4.